The lowest BCUT2D eigenvalue weighted by molar-refractivity contribution is -0.113. The highest BCUT2D eigenvalue weighted by molar-refractivity contribution is 6.05. The minimum atomic E-state index is -0.114. The van der Waals surface area contributed by atoms with Crippen LogP contribution in [-0.2, 0) is 4.79 Å². The Morgan fingerprint density at radius 3 is 2.70 bits per heavy atom. The van der Waals surface area contributed by atoms with Gasteiger partial charge in [-0.15, -0.1) is 0 Å². The Hall–Kier alpha value is -4.79. The fraction of sp³-hybridized carbons (Fsp3) is 0.179. The van der Waals surface area contributed by atoms with E-state index in [9.17, 15) is 4.79 Å². The lowest BCUT2D eigenvalue weighted by atomic mass is 10.0. The number of rotatable bonds is 7. The maximum absolute atomic E-state index is 12.6. The van der Waals surface area contributed by atoms with E-state index in [-0.39, 0.29) is 5.91 Å². The molecule has 5 aromatic rings. The predicted molar refractivity (Wildman–Crippen MR) is 140 cm³/mol. The van der Waals surface area contributed by atoms with Gasteiger partial charge in [-0.2, -0.15) is 5.10 Å². The number of nitrogens with one attached hydrogen (secondary N) is 2. The van der Waals surface area contributed by atoms with Crippen LogP contribution >= 0.6 is 0 Å². The maximum atomic E-state index is 12.6. The van der Waals surface area contributed by atoms with Crippen LogP contribution in [0.25, 0.3) is 16.6 Å². The SMILES string of the molecule is C=C(C(=O)Nc1ccc2ncnc(Nc3ccc(Oc4ccn5ncnc5c4)c(C)c3)c2c1)C1C2CC21. The van der Waals surface area contributed by atoms with Crippen molar-refractivity contribution in [3.63, 3.8) is 0 Å². The molecular formula is C28H23N7O2. The second-order valence-electron chi connectivity index (χ2n) is 9.66. The van der Waals surface area contributed by atoms with Gasteiger partial charge in [0.05, 0.1) is 5.52 Å². The van der Waals surface area contributed by atoms with Crippen LogP contribution in [-0.4, -0.2) is 30.5 Å². The van der Waals surface area contributed by atoms with E-state index in [2.05, 4.69) is 37.3 Å². The largest absolute Gasteiger partial charge is 0.457 e. The van der Waals surface area contributed by atoms with Gasteiger partial charge in [0.25, 0.3) is 5.91 Å². The van der Waals surface area contributed by atoms with Gasteiger partial charge in [0.15, 0.2) is 5.65 Å². The van der Waals surface area contributed by atoms with Crippen molar-refractivity contribution in [3.05, 3.63) is 85.1 Å². The lowest BCUT2D eigenvalue weighted by Crippen LogP contribution is -2.17. The van der Waals surface area contributed by atoms with Crippen LogP contribution in [0.15, 0.2) is 79.5 Å². The van der Waals surface area contributed by atoms with Crippen molar-refractivity contribution in [2.75, 3.05) is 10.6 Å². The van der Waals surface area contributed by atoms with E-state index >= 15 is 0 Å². The molecule has 2 fully saturated rings. The van der Waals surface area contributed by atoms with Gasteiger partial charge >= 0.3 is 0 Å². The van der Waals surface area contributed by atoms with Gasteiger partial charge in [0, 0.05) is 34.6 Å². The van der Waals surface area contributed by atoms with Crippen LogP contribution in [0.3, 0.4) is 0 Å². The summed E-state index contributed by atoms with van der Waals surface area (Å²) in [5.74, 6) is 3.71. The van der Waals surface area contributed by atoms with Crippen molar-refractivity contribution >= 4 is 39.6 Å². The Kier molecular flexibility index (Phi) is 4.72. The van der Waals surface area contributed by atoms with Crippen molar-refractivity contribution in [1.82, 2.24) is 24.6 Å². The summed E-state index contributed by atoms with van der Waals surface area (Å²) in [5, 5.41) is 11.3. The summed E-state index contributed by atoms with van der Waals surface area (Å²) in [6, 6.07) is 15.1. The van der Waals surface area contributed by atoms with Gasteiger partial charge in [-0.25, -0.2) is 19.5 Å². The Morgan fingerprint density at radius 1 is 1.03 bits per heavy atom. The van der Waals surface area contributed by atoms with Crippen LogP contribution in [0.5, 0.6) is 11.5 Å². The second-order valence-corrected chi connectivity index (χ2v) is 9.66. The summed E-state index contributed by atoms with van der Waals surface area (Å²) in [7, 11) is 0. The molecule has 2 aromatic carbocycles. The molecule has 3 heterocycles. The zero-order valence-electron chi connectivity index (χ0n) is 20.0. The number of anilines is 3. The van der Waals surface area contributed by atoms with Crippen LogP contribution in [0.2, 0.25) is 0 Å². The van der Waals surface area contributed by atoms with Crippen molar-refractivity contribution in [3.8, 4) is 11.5 Å². The molecule has 2 N–H and O–H groups in total. The summed E-state index contributed by atoms with van der Waals surface area (Å²) in [5.41, 5.74) is 4.67. The first-order valence-electron chi connectivity index (χ1n) is 12.1. The number of hydrogen-bond donors (Lipinski definition) is 2. The number of hydrogen-bond acceptors (Lipinski definition) is 7. The van der Waals surface area contributed by atoms with Crippen molar-refractivity contribution in [2.45, 2.75) is 13.3 Å². The summed E-state index contributed by atoms with van der Waals surface area (Å²) in [6.07, 6.45) is 6.08. The molecule has 0 saturated heterocycles. The monoisotopic (exact) mass is 489 g/mol. The molecule has 2 unspecified atom stereocenters. The van der Waals surface area contributed by atoms with Gasteiger partial charge in [-0.3, -0.25) is 4.79 Å². The first-order valence-corrected chi connectivity index (χ1v) is 12.1. The maximum Gasteiger partial charge on any atom is 0.251 e. The normalized spacial score (nSPS) is 19.3. The minimum absolute atomic E-state index is 0.114. The fourth-order valence-electron chi connectivity index (χ4n) is 4.86. The number of amides is 1. The number of ether oxygens (including phenoxy) is 1. The summed E-state index contributed by atoms with van der Waals surface area (Å²) in [4.78, 5) is 25.7. The topological polar surface area (TPSA) is 106 Å². The highest BCUT2D eigenvalue weighted by Gasteiger charge is 2.65. The average molecular weight is 490 g/mol. The van der Waals surface area contributed by atoms with Gasteiger partial charge in [-0.1, -0.05) is 6.58 Å². The van der Waals surface area contributed by atoms with Crippen LogP contribution in [0.1, 0.15) is 12.0 Å². The van der Waals surface area contributed by atoms with Gasteiger partial charge in [-0.05, 0) is 79.1 Å². The number of pyridine rings is 1. The van der Waals surface area contributed by atoms with E-state index < -0.39 is 0 Å². The van der Waals surface area contributed by atoms with Crippen molar-refractivity contribution < 1.29 is 9.53 Å². The highest BCUT2D eigenvalue weighted by atomic mass is 16.5. The molecule has 1 amide bonds. The van der Waals surface area contributed by atoms with Crippen LogP contribution < -0.4 is 15.4 Å². The Labute approximate surface area is 212 Å². The highest BCUT2D eigenvalue weighted by Crippen LogP contribution is 2.70. The molecule has 2 atom stereocenters. The van der Waals surface area contributed by atoms with Crippen molar-refractivity contribution in [1.29, 1.82) is 0 Å². The standard InChI is InChI=1S/C28H23N7O2/c1-15-9-17(4-6-24(15)37-19-7-8-35-25(11-19)30-14-32-35)33-27-22-10-18(3-5-23(22)29-13-31-27)34-28(36)16(2)26-20-12-21(20)26/h3-11,13-14,20-21,26H,2,12H2,1H3,(H,34,36)(H,29,31,33). The average Bonchev–Trinajstić information content (AvgIpc) is 3.77. The summed E-state index contributed by atoms with van der Waals surface area (Å²) >= 11 is 0. The quantitative estimate of drug-likeness (QED) is 0.300. The fourth-order valence-corrected chi connectivity index (χ4v) is 4.86. The molecule has 37 heavy (non-hydrogen) atoms. The third kappa shape index (κ3) is 3.94. The molecule has 0 spiro atoms. The zero-order valence-corrected chi connectivity index (χ0v) is 20.0. The number of benzene rings is 2. The molecule has 0 bridgehead atoms. The lowest BCUT2D eigenvalue weighted by Gasteiger charge is -2.13. The van der Waals surface area contributed by atoms with Gasteiger partial charge in [0.1, 0.15) is 30.0 Å². The van der Waals surface area contributed by atoms with Crippen LogP contribution in [0, 0.1) is 24.7 Å². The van der Waals surface area contributed by atoms with E-state index in [1.165, 1.54) is 19.1 Å². The summed E-state index contributed by atoms with van der Waals surface area (Å²) in [6.45, 7) is 6.00. The first kappa shape index (κ1) is 21.5. The van der Waals surface area contributed by atoms with E-state index in [0.717, 1.165) is 27.9 Å². The number of fused-ring (bicyclic) bond motifs is 3. The van der Waals surface area contributed by atoms with Gasteiger partial charge < -0.3 is 15.4 Å². The number of carbonyl (C=O) groups excluding carboxylic acids is 1. The molecule has 182 valence electrons. The molecule has 9 nitrogen and oxygen atoms in total. The van der Waals surface area contributed by atoms with E-state index in [4.69, 9.17) is 4.74 Å². The van der Waals surface area contributed by atoms with Crippen molar-refractivity contribution in [2.24, 2.45) is 17.8 Å². The van der Waals surface area contributed by atoms with E-state index in [0.29, 0.717) is 46.2 Å². The smallest absolute Gasteiger partial charge is 0.251 e. The molecule has 2 saturated carbocycles. The molecule has 0 aliphatic heterocycles. The number of aromatic nitrogens is 5. The summed E-state index contributed by atoms with van der Waals surface area (Å²) < 4.78 is 7.76. The van der Waals surface area contributed by atoms with E-state index in [1.54, 1.807) is 4.52 Å². The third-order valence-electron chi connectivity index (χ3n) is 7.18. The molecule has 0 radical (unpaired) electrons. The second kappa shape index (κ2) is 8.12. The van der Waals surface area contributed by atoms with Crippen LogP contribution in [0.4, 0.5) is 17.2 Å². The van der Waals surface area contributed by atoms with E-state index in [1.807, 2.05) is 61.7 Å². The number of aryl methyl sites for hydroxylation is 1. The number of carbonyl (C=O) groups is 1. The third-order valence-corrected chi connectivity index (χ3v) is 7.18. The molecule has 7 rings (SSSR count). The molecule has 2 aliphatic carbocycles. The Morgan fingerprint density at radius 2 is 1.89 bits per heavy atom. The Bertz CT molecular complexity index is 1720. The zero-order chi connectivity index (χ0) is 25.1. The first-order chi connectivity index (χ1) is 18.0. The van der Waals surface area contributed by atoms with Gasteiger partial charge in [0.2, 0.25) is 0 Å². The predicted octanol–water partition coefficient (Wildman–Crippen LogP) is 5.28. The minimum Gasteiger partial charge on any atom is -0.457 e. The Balaban J connectivity index is 1.10. The molecule has 9 heteroatoms. The molecule has 2 aliphatic rings. The number of nitrogens with zero attached hydrogens (tertiary/aromatic N) is 5. The molecular weight excluding hydrogens is 466 g/mol. The molecule has 3 aromatic heterocycles.